The van der Waals surface area contributed by atoms with E-state index in [-0.39, 0.29) is 0 Å². The highest BCUT2D eigenvalue weighted by atomic mass is 32.1. The van der Waals surface area contributed by atoms with Crippen LogP contribution in [0.1, 0.15) is 22.3 Å². The topological polar surface area (TPSA) is 34.1 Å². The fraction of sp³-hybridized carbons (Fsp3) is 0.250. The van der Waals surface area contributed by atoms with E-state index in [4.69, 9.17) is 8.42 Å². The molecule has 0 amide bonds. The maximum atomic E-state index is 8.29. The molecule has 2 nitrogen and oxygen atoms in total. The molecule has 2 aromatic rings. The van der Waals surface area contributed by atoms with Crippen molar-refractivity contribution in [3.05, 3.63) is 70.8 Å². The molecular formula is C16H20O2S. The van der Waals surface area contributed by atoms with Crippen molar-refractivity contribution in [1.82, 2.24) is 0 Å². The summed E-state index contributed by atoms with van der Waals surface area (Å²) in [6, 6.07) is 17.0. The van der Waals surface area contributed by atoms with Crippen LogP contribution in [0.2, 0.25) is 0 Å². The number of benzene rings is 2. The number of rotatable bonds is 0. The van der Waals surface area contributed by atoms with Gasteiger partial charge in [0.2, 0.25) is 0 Å². The van der Waals surface area contributed by atoms with E-state index in [1.807, 2.05) is 0 Å². The third-order valence-corrected chi connectivity index (χ3v) is 2.44. The van der Waals surface area contributed by atoms with Crippen LogP contribution >= 0.6 is 0 Å². The highest BCUT2D eigenvalue weighted by molar-refractivity contribution is 7.51. The summed E-state index contributed by atoms with van der Waals surface area (Å²) in [6.45, 7) is 8.39. The highest BCUT2D eigenvalue weighted by Gasteiger charge is 1.80. The molecule has 0 aliphatic heterocycles. The molecule has 0 saturated heterocycles. The van der Waals surface area contributed by atoms with Gasteiger partial charge in [-0.15, -0.1) is 0 Å². The zero-order chi connectivity index (χ0) is 14.7. The Bertz CT molecular complexity index is 410. The van der Waals surface area contributed by atoms with Crippen LogP contribution in [-0.4, -0.2) is 8.42 Å². The largest absolute Gasteiger partial charge is 0.335 e. The summed E-state index contributed by atoms with van der Waals surface area (Å²) in [5.74, 6) is 0. The zero-order valence-corrected chi connectivity index (χ0v) is 12.7. The molecule has 0 spiro atoms. The molecule has 0 heterocycles. The summed E-state index contributed by atoms with van der Waals surface area (Å²) in [5.41, 5.74) is 5.32. The van der Waals surface area contributed by atoms with Gasteiger partial charge in [-0.2, -0.15) is 8.42 Å². The monoisotopic (exact) mass is 276 g/mol. The van der Waals surface area contributed by atoms with E-state index >= 15 is 0 Å². The maximum absolute atomic E-state index is 8.29. The molecule has 0 fully saturated rings. The Kier molecular flexibility index (Phi) is 9.27. The van der Waals surface area contributed by atoms with Gasteiger partial charge in [0.15, 0.2) is 0 Å². The van der Waals surface area contributed by atoms with E-state index in [0.29, 0.717) is 0 Å². The van der Waals surface area contributed by atoms with Crippen molar-refractivity contribution in [2.24, 2.45) is 0 Å². The van der Waals surface area contributed by atoms with Crippen molar-refractivity contribution in [3.8, 4) is 0 Å². The number of hydrogen-bond donors (Lipinski definition) is 0. The van der Waals surface area contributed by atoms with Crippen LogP contribution in [0.15, 0.2) is 48.5 Å². The average Bonchev–Trinajstić information content (AvgIpc) is 2.38. The molecule has 2 aromatic carbocycles. The number of hydrogen-bond acceptors (Lipinski definition) is 2. The summed E-state index contributed by atoms with van der Waals surface area (Å²) < 4.78 is 16.6. The van der Waals surface area contributed by atoms with Gasteiger partial charge in [0.25, 0.3) is 0 Å². The van der Waals surface area contributed by atoms with Crippen molar-refractivity contribution in [2.75, 3.05) is 0 Å². The van der Waals surface area contributed by atoms with Gasteiger partial charge < -0.3 is 0 Å². The lowest BCUT2D eigenvalue weighted by Gasteiger charge is -1.90. The second-order valence-electron chi connectivity index (χ2n) is 4.38. The Balaban J connectivity index is 0.000000284. The second-order valence-corrected chi connectivity index (χ2v) is 4.51. The molecular weight excluding hydrogens is 256 g/mol. The first-order valence-electron chi connectivity index (χ1n) is 5.98. The first-order chi connectivity index (χ1) is 8.99. The minimum atomic E-state index is -0.750. The summed E-state index contributed by atoms with van der Waals surface area (Å²) in [4.78, 5) is 0. The summed E-state index contributed by atoms with van der Waals surface area (Å²) in [5, 5.41) is 0. The van der Waals surface area contributed by atoms with Gasteiger partial charge in [0.1, 0.15) is 0 Å². The summed E-state index contributed by atoms with van der Waals surface area (Å²) >= 11 is -0.750. The van der Waals surface area contributed by atoms with E-state index in [1.54, 1.807) is 0 Å². The minimum absolute atomic E-state index is 0.750. The lowest BCUT2D eigenvalue weighted by atomic mass is 10.2. The Labute approximate surface area is 119 Å². The molecule has 19 heavy (non-hydrogen) atoms. The first-order valence-corrected chi connectivity index (χ1v) is 6.64. The van der Waals surface area contributed by atoms with Gasteiger partial charge in [-0.25, -0.2) is 0 Å². The molecule has 0 aliphatic carbocycles. The smallest absolute Gasteiger partial charge is 0.168 e. The Morgan fingerprint density at radius 2 is 0.632 bits per heavy atom. The Hall–Kier alpha value is -1.74. The van der Waals surface area contributed by atoms with E-state index < -0.39 is 11.6 Å². The summed E-state index contributed by atoms with van der Waals surface area (Å²) in [6.07, 6.45) is 0. The van der Waals surface area contributed by atoms with Gasteiger partial charge in [-0.05, 0) is 27.7 Å². The van der Waals surface area contributed by atoms with Gasteiger partial charge in [0, 0.05) is 0 Å². The van der Waals surface area contributed by atoms with Crippen LogP contribution in [0.5, 0.6) is 0 Å². The molecule has 0 bridgehead atoms. The predicted octanol–water partition coefficient (Wildman–Crippen LogP) is 3.94. The van der Waals surface area contributed by atoms with Gasteiger partial charge in [-0.1, -0.05) is 70.8 Å². The van der Waals surface area contributed by atoms with Gasteiger partial charge >= 0.3 is 11.6 Å². The Morgan fingerprint density at radius 3 is 0.737 bits per heavy atom. The third kappa shape index (κ3) is 9.92. The molecule has 0 aromatic heterocycles. The molecule has 0 N–H and O–H groups in total. The Morgan fingerprint density at radius 1 is 0.526 bits per heavy atom. The molecule has 0 radical (unpaired) electrons. The SMILES string of the molecule is Cc1ccc(C)cc1.Cc1ccc(C)cc1.O=S=O. The lowest BCUT2D eigenvalue weighted by molar-refractivity contribution is 0.630. The standard InChI is InChI=1S/2C8H10.O2S/c2*1-7-3-5-8(2)6-4-7;1-3-2/h2*3-6H,1-2H3;. The van der Waals surface area contributed by atoms with E-state index in [0.717, 1.165) is 0 Å². The van der Waals surface area contributed by atoms with Crippen molar-refractivity contribution in [1.29, 1.82) is 0 Å². The van der Waals surface area contributed by atoms with Crippen LogP contribution in [0.3, 0.4) is 0 Å². The highest BCUT2D eigenvalue weighted by Crippen LogP contribution is 2.00. The van der Waals surface area contributed by atoms with Crippen LogP contribution in [0.4, 0.5) is 0 Å². The molecule has 0 atom stereocenters. The maximum Gasteiger partial charge on any atom is 0.335 e. The minimum Gasteiger partial charge on any atom is -0.168 e. The van der Waals surface area contributed by atoms with E-state index in [1.165, 1.54) is 22.3 Å². The second kappa shape index (κ2) is 10.2. The predicted molar refractivity (Wildman–Crippen MR) is 80.8 cm³/mol. The molecule has 0 saturated carbocycles. The van der Waals surface area contributed by atoms with Crippen molar-refractivity contribution in [3.63, 3.8) is 0 Å². The van der Waals surface area contributed by atoms with Crippen LogP contribution in [-0.2, 0) is 11.6 Å². The lowest BCUT2D eigenvalue weighted by Crippen LogP contribution is -1.70. The molecule has 0 unspecified atom stereocenters. The van der Waals surface area contributed by atoms with Crippen LogP contribution in [0, 0.1) is 27.7 Å². The van der Waals surface area contributed by atoms with Crippen molar-refractivity contribution >= 4 is 11.6 Å². The normalized spacial score (nSPS) is 8.42. The molecule has 2 rings (SSSR count). The van der Waals surface area contributed by atoms with Crippen LogP contribution < -0.4 is 0 Å². The quantitative estimate of drug-likeness (QED) is 0.730. The van der Waals surface area contributed by atoms with Crippen molar-refractivity contribution in [2.45, 2.75) is 27.7 Å². The van der Waals surface area contributed by atoms with Crippen molar-refractivity contribution < 1.29 is 8.42 Å². The summed E-state index contributed by atoms with van der Waals surface area (Å²) in [7, 11) is 0. The molecule has 102 valence electrons. The van der Waals surface area contributed by atoms with Gasteiger partial charge in [0.05, 0.1) is 0 Å². The fourth-order valence-electron chi connectivity index (χ4n) is 1.27. The van der Waals surface area contributed by atoms with Gasteiger partial charge in [-0.3, -0.25) is 0 Å². The first kappa shape index (κ1) is 17.3. The average molecular weight is 276 g/mol. The van der Waals surface area contributed by atoms with E-state index in [2.05, 4.69) is 76.2 Å². The molecule has 3 heteroatoms. The number of aryl methyl sites for hydroxylation is 4. The van der Waals surface area contributed by atoms with E-state index in [9.17, 15) is 0 Å². The zero-order valence-electron chi connectivity index (χ0n) is 11.8. The fourth-order valence-corrected chi connectivity index (χ4v) is 1.27. The van der Waals surface area contributed by atoms with Crippen LogP contribution in [0.25, 0.3) is 0 Å². The molecule has 0 aliphatic rings. The third-order valence-electron chi connectivity index (χ3n) is 2.44.